The van der Waals surface area contributed by atoms with E-state index in [1.165, 1.54) is 24.3 Å². The lowest BCUT2D eigenvalue weighted by Gasteiger charge is -2.16. The van der Waals surface area contributed by atoms with Gasteiger partial charge in [0.25, 0.3) is 0 Å². The minimum Gasteiger partial charge on any atom is -0.339 e. The van der Waals surface area contributed by atoms with Crippen LogP contribution in [0.25, 0.3) is 0 Å². The van der Waals surface area contributed by atoms with Gasteiger partial charge in [-0.05, 0) is 43.7 Å². The van der Waals surface area contributed by atoms with Gasteiger partial charge in [-0.2, -0.15) is 0 Å². The Bertz CT molecular complexity index is 664. The summed E-state index contributed by atoms with van der Waals surface area (Å²) in [7, 11) is 0. The second kappa shape index (κ2) is 5.63. The summed E-state index contributed by atoms with van der Waals surface area (Å²) >= 11 is 0. The standard InChI is InChI=1S/C18H17FO3/c1-18(2)21-16(13-6-4-3-5-7-13)17(22-18)15(20)12-8-10-14(19)11-9-12/h3-11,16-17H,1-2H3. The van der Waals surface area contributed by atoms with Crippen LogP contribution in [0.5, 0.6) is 0 Å². The van der Waals surface area contributed by atoms with Crippen molar-refractivity contribution in [2.45, 2.75) is 31.8 Å². The summed E-state index contributed by atoms with van der Waals surface area (Å²) in [5.74, 6) is -1.43. The zero-order valence-electron chi connectivity index (χ0n) is 12.5. The Kier molecular flexibility index (Phi) is 3.81. The van der Waals surface area contributed by atoms with E-state index in [1.807, 2.05) is 30.3 Å². The van der Waals surface area contributed by atoms with Crippen molar-refractivity contribution in [3.8, 4) is 0 Å². The molecule has 1 saturated heterocycles. The summed E-state index contributed by atoms with van der Waals surface area (Å²) < 4.78 is 24.7. The number of carbonyl (C=O) groups is 1. The molecule has 2 atom stereocenters. The lowest BCUT2D eigenvalue weighted by atomic mass is 9.97. The summed E-state index contributed by atoms with van der Waals surface area (Å²) in [6.45, 7) is 3.56. The summed E-state index contributed by atoms with van der Waals surface area (Å²) in [6, 6.07) is 15.0. The Labute approximate surface area is 128 Å². The van der Waals surface area contributed by atoms with Gasteiger partial charge in [0.05, 0.1) is 0 Å². The first kappa shape index (κ1) is 14.9. The van der Waals surface area contributed by atoms with Gasteiger partial charge in [-0.1, -0.05) is 30.3 Å². The molecule has 0 aliphatic carbocycles. The van der Waals surface area contributed by atoms with E-state index >= 15 is 0 Å². The molecule has 0 aromatic heterocycles. The molecular formula is C18H17FO3. The molecule has 0 radical (unpaired) electrons. The van der Waals surface area contributed by atoms with E-state index in [1.54, 1.807) is 13.8 Å². The van der Waals surface area contributed by atoms with Crippen LogP contribution in [0.15, 0.2) is 54.6 Å². The first-order valence-electron chi connectivity index (χ1n) is 7.17. The zero-order valence-corrected chi connectivity index (χ0v) is 12.5. The molecule has 22 heavy (non-hydrogen) atoms. The Morgan fingerprint density at radius 2 is 1.64 bits per heavy atom. The Balaban J connectivity index is 1.92. The maximum Gasteiger partial charge on any atom is 0.194 e. The minimum absolute atomic E-state index is 0.209. The Morgan fingerprint density at radius 3 is 2.27 bits per heavy atom. The van der Waals surface area contributed by atoms with Crippen molar-refractivity contribution in [1.29, 1.82) is 0 Å². The van der Waals surface area contributed by atoms with Crippen LogP contribution in [-0.2, 0) is 9.47 Å². The normalized spacial score (nSPS) is 23.4. The van der Waals surface area contributed by atoms with Crippen molar-refractivity contribution in [3.05, 3.63) is 71.5 Å². The minimum atomic E-state index is -0.846. The maximum absolute atomic E-state index is 13.0. The van der Waals surface area contributed by atoms with Gasteiger partial charge in [0.2, 0.25) is 0 Å². The van der Waals surface area contributed by atoms with E-state index in [0.29, 0.717) is 5.56 Å². The number of benzene rings is 2. The highest BCUT2D eigenvalue weighted by Crippen LogP contribution is 2.39. The van der Waals surface area contributed by atoms with Crippen LogP contribution < -0.4 is 0 Å². The number of halogens is 1. The highest BCUT2D eigenvalue weighted by molar-refractivity contribution is 6.00. The molecule has 0 amide bonds. The largest absolute Gasteiger partial charge is 0.339 e. The molecule has 0 spiro atoms. The van der Waals surface area contributed by atoms with Crippen molar-refractivity contribution in [1.82, 2.24) is 0 Å². The topological polar surface area (TPSA) is 35.5 Å². The molecule has 3 rings (SSSR count). The molecule has 2 unspecified atom stereocenters. The number of hydrogen-bond donors (Lipinski definition) is 0. The summed E-state index contributed by atoms with van der Waals surface area (Å²) in [6.07, 6.45) is -1.23. The van der Waals surface area contributed by atoms with Crippen LogP contribution in [0.4, 0.5) is 4.39 Å². The second-order valence-electron chi connectivity index (χ2n) is 5.76. The molecule has 1 aliphatic heterocycles. The van der Waals surface area contributed by atoms with Crippen LogP contribution in [0.2, 0.25) is 0 Å². The van der Waals surface area contributed by atoms with Crippen LogP contribution in [0.3, 0.4) is 0 Å². The predicted octanol–water partition coefficient (Wildman–Crippen LogP) is 3.90. The third kappa shape index (κ3) is 2.93. The number of rotatable bonds is 3. The number of ether oxygens (including phenoxy) is 2. The molecule has 4 heteroatoms. The fraction of sp³-hybridized carbons (Fsp3) is 0.278. The molecule has 0 N–H and O–H groups in total. The van der Waals surface area contributed by atoms with Gasteiger partial charge in [0.15, 0.2) is 17.7 Å². The van der Waals surface area contributed by atoms with Crippen molar-refractivity contribution in [3.63, 3.8) is 0 Å². The van der Waals surface area contributed by atoms with Gasteiger partial charge in [0.1, 0.15) is 11.9 Å². The van der Waals surface area contributed by atoms with Gasteiger partial charge in [-0.15, -0.1) is 0 Å². The van der Waals surface area contributed by atoms with Crippen LogP contribution in [0, 0.1) is 5.82 Å². The quantitative estimate of drug-likeness (QED) is 0.806. The number of carbonyl (C=O) groups excluding carboxylic acids is 1. The summed E-state index contributed by atoms with van der Waals surface area (Å²) in [5.41, 5.74) is 1.29. The molecular weight excluding hydrogens is 283 g/mol. The van der Waals surface area contributed by atoms with Crippen molar-refractivity contribution in [2.24, 2.45) is 0 Å². The smallest absolute Gasteiger partial charge is 0.194 e. The first-order valence-corrected chi connectivity index (χ1v) is 7.17. The summed E-state index contributed by atoms with van der Waals surface area (Å²) in [4.78, 5) is 12.7. The number of hydrogen-bond acceptors (Lipinski definition) is 3. The van der Waals surface area contributed by atoms with Gasteiger partial charge in [-0.3, -0.25) is 4.79 Å². The first-order chi connectivity index (χ1) is 10.5. The molecule has 1 heterocycles. The van der Waals surface area contributed by atoms with Crippen molar-refractivity contribution < 1.29 is 18.7 Å². The van der Waals surface area contributed by atoms with E-state index in [0.717, 1.165) is 5.56 Å². The fourth-order valence-electron chi connectivity index (χ4n) is 2.62. The lowest BCUT2D eigenvalue weighted by Crippen LogP contribution is -2.28. The van der Waals surface area contributed by atoms with Crippen molar-refractivity contribution >= 4 is 5.78 Å². The van der Waals surface area contributed by atoms with E-state index < -0.39 is 18.0 Å². The molecule has 1 fully saturated rings. The molecule has 1 aliphatic rings. The highest BCUT2D eigenvalue weighted by Gasteiger charge is 2.45. The monoisotopic (exact) mass is 300 g/mol. The average Bonchev–Trinajstić information content (AvgIpc) is 2.84. The van der Waals surface area contributed by atoms with Gasteiger partial charge in [-0.25, -0.2) is 4.39 Å². The number of ketones is 1. The van der Waals surface area contributed by atoms with Crippen molar-refractivity contribution in [2.75, 3.05) is 0 Å². The third-order valence-corrected chi connectivity index (χ3v) is 3.61. The van der Waals surface area contributed by atoms with Crippen LogP contribution in [0.1, 0.15) is 35.9 Å². The average molecular weight is 300 g/mol. The second-order valence-corrected chi connectivity index (χ2v) is 5.76. The summed E-state index contributed by atoms with van der Waals surface area (Å²) in [5, 5.41) is 0. The predicted molar refractivity (Wildman–Crippen MR) is 80.0 cm³/mol. The number of Topliss-reactive ketones (excluding diaryl/α,β-unsaturated/α-hetero) is 1. The lowest BCUT2D eigenvalue weighted by molar-refractivity contribution is -0.143. The molecule has 2 aromatic carbocycles. The zero-order chi connectivity index (χ0) is 15.7. The SMILES string of the molecule is CC1(C)OC(C(=O)c2ccc(F)cc2)C(c2ccccc2)O1. The molecule has 0 bridgehead atoms. The third-order valence-electron chi connectivity index (χ3n) is 3.61. The fourth-order valence-corrected chi connectivity index (χ4v) is 2.62. The van der Waals surface area contributed by atoms with Gasteiger partial charge >= 0.3 is 0 Å². The van der Waals surface area contributed by atoms with E-state index in [4.69, 9.17) is 9.47 Å². The van der Waals surface area contributed by atoms with Gasteiger partial charge < -0.3 is 9.47 Å². The Hall–Kier alpha value is -2.04. The molecule has 114 valence electrons. The Morgan fingerprint density at radius 1 is 1.00 bits per heavy atom. The molecule has 3 nitrogen and oxygen atoms in total. The van der Waals surface area contributed by atoms with Gasteiger partial charge in [0, 0.05) is 5.56 Å². The van der Waals surface area contributed by atoms with Crippen LogP contribution in [-0.4, -0.2) is 17.7 Å². The highest BCUT2D eigenvalue weighted by atomic mass is 19.1. The molecule has 2 aromatic rings. The van der Waals surface area contributed by atoms with E-state index in [9.17, 15) is 9.18 Å². The van der Waals surface area contributed by atoms with E-state index in [-0.39, 0.29) is 11.6 Å². The molecule has 0 saturated carbocycles. The maximum atomic E-state index is 13.0. The van der Waals surface area contributed by atoms with Crippen LogP contribution >= 0.6 is 0 Å². The van der Waals surface area contributed by atoms with E-state index in [2.05, 4.69) is 0 Å².